The zero-order chi connectivity index (χ0) is 36.5. The monoisotopic (exact) mass is 715 g/mol. The SMILES string of the molecule is CCCCCCCCC/C=C\CCCCCCCCCCOCC(COC1OC(CO)C(O)C(O)C1O)OC(=O)CCCCCCCCCC. The van der Waals surface area contributed by atoms with E-state index >= 15 is 0 Å². The lowest BCUT2D eigenvalue weighted by atomic mass is 9.99. The molecule has 9 heteroatoms. The standard InChI is InChI=1S/C41H78O9/c1-3-5-7-9-11-13-14-15-16-17-18-19-20-21-22-23-25-27-29-31-47-33-35(49-37(43)30-28-26-24-12-10-8-6-4-2)34-48-41-40(46)39(45)38(44)36(32-42)50-41/h16-17,35-36,38-42,44-46H,3-15,18-34H2,1-2H3/b17-16-. The van der Waals surface area contributed by atoms with Gasteiger partial charge in [0.05, 0.1) is 19.8 Å². The Bertz CT molecular complexity index is 777. The van der Waals surface area contributed by atoms with Crippen LogP contribution in [0.4, 0.5) is 0 Å². The number of esters is 1. The topological polar surface area (TPSA) is 135 Å². The van der Waals surface area contributed by atoms with Crippen LogP contribution in [-0.4, -0.2) is 89.6 Å². The first-order valence-electron chi connectivity index (χ1n) is 20.8. The van der Waals surface area contributed by atoms with Gasteiger partial charge in [0.25, 0.3) is 0 Å². The van der Waals surface area contributed by atoms with Crippen molar-refractivity contribution in [2.75, 3.05) is 26.4 Å². The molecule has 6 unspecified atom stereocenters. The third-order valence-corrected chi connectivity index (χ3v) is 9.68. The molecule has 0 aromatic heterocycles. The molecule has 0 amide bonds. The summed E-state index contributed by atoms with van der Waals surface area (Å²) in [6.45, 7) is 4.53. The summed E-state index contributed by atoms with van der Waals surface area (Å²) >= 11 is 0. The van der Waals surface area contributed by atoms with Crippen LogP contribution in [0, 0.1) is 0 Å². The number of ether oxygens (including phenoxy) is 4. The molecule has 0 radical (unpaired) electrons. The van der Waals surface area contributed by atoms with Crippen molar-refractivity contribution in [2.45, 2.75) is 218 Å². The summed E-state index contributed by atoms with van der Waals surface area (Å²) in [6.07, 6.45) is 28.2. The molecule has 0 aromatic rings. The summed E-state index contributed by atoms with van der Waals surface area (Å²) in [5.41, 5.74) is 0. The number of carbonyl (C=O) groups excluding carboxylic acids is 1. The van der Waals surface area contributed by atoms with E-state index in [-0.39, 0.29) is 19.2 Å². The normalized spacial score (nSPS) is 21.6. The molecule has 1 saturated heterocycles. The molecule has 1 heterocycles. The van der Waals surface area contributed by atoms with Crippen LogP contribution < -0.4 is 0 Å². The molecule has 4 N–H and O–H groups in total. The van der Waals surface area contributed by atoms with Crippen molar-refractivity contribution in [3.8, 4) is 0 Å². The van der Waals surface area contributed by atoms with Gasteiger partial charge < -0.3 is 39.4 Å². The molecule has 1 fully saturated rings. The maximum atomic E-state index is 12.6. The van der Waals surface area contributed by atoms with Crippen molar-refractivity contribution >= 4 is 5.97 Å². The van der Waals surface area contributed by atoms with Crippen LogP contribution in [0.15, 0.2) is 12.2 Å². The van der Waals surface area contributed by atoms with Gasteiger partial charge in [-0.1, -0.05) is 148 Å². The number of rotatable bonds is 35. The van der Waals surface area contributed by atoms with E-state index in [0.29, 0.717) is 13.0 Å². The van der Waals surface area contributed by atoms with Crippen molar-refractivity contribution in [2.24, 2.45) is 0 Å². The van der Waals surface area contributed by atoms with Gasteiger partial charge in [0, 0.05) is 13.0 Å². The molecular weight excluding hydrogens is 636 g/mol. The lowest BCUT2D eigenvalue weighted by molar-refractivity contribution is -0.305. The highest BCUT2D eigenvalue weighted by atomic mass is 16.7. The summed E-state index contributed by atoms with van der Waals surface area (Å²) in [5.74, 6) is -0.318. The first-order chi connectivity index (χ1) is 24.4. The molecule has 0 spiro atoms. The van der Waals surface area contributed by atoms with Crippen LogP contribution in [0.5, 0.6) is 0 Å². The zero-order valence-electron chi connectivity index (χ0n) is 32.2. The van der Waals surface area contributed by atoms with E-state index in [1.54, 1.807) is 0 Å². The number of aliphatic hydroxyl groups excluding tert-OH is 4. The predicted octanol–water partition coefficient (Wildman–Crippen LogP) is 8.47. The fourth-order valence-electron chi connectivity index (χ4n) is 6.37. The molecular formula is C41H78O9. The van der Waals surface area contributed by atoms with Crippen LogP contribution in [0.3, 0.4) is 0 Å². The molecule has 50 heavy (non-hydrogen) atoms. The van der Waals surface area contributed by atoms with Gasteiger partial charge in [-0.15, -0.1) is 0 Å². The molecule has 0 bridgehead atoms. The van der Waals surface area contributed by atoms with Crippen LogP contribution in [0.2, 0.25) is 0 Å². The van der Waals surface area contributed by atoms with Crippen LogP contribution in [0.25, 0.3) is 0 Å². The van der Waals surface area contributed by atoms with Crippen LogP contribution >= 0.6 is 0 Å². The molecule has 1 aliphatic heterocycles. The first-order valence-corrected chi connectivity index (χ1v) is 20.8. The van der Waals surface area contributed by atoms with E-state index in [4.69, 9.17) is 18.9 Å². The van der Waals surface area contributed by atoms with Gasteiger partial charge in [-0.2, -0.15) is 0 Å². The molecule has 0 aliphatic carbocycles. The highest BCUT2D eigenvalue weighted by Gasteiger charge is 2.44. The number of hydrogen-bond donors (Lipinski definition) is 4. The van der Waals surface area contributed by atoms with Crippen LogP contribution in [-0.2, 0) is 23.7 Å². The second kappa shape index (κ2) is 33.7. The lowest BCUT2D eigenvalue weighted by Crippen LogP contribution is -2.59. The third-order valence-electron chi connectivity index (χ3n) is 9.68. The average molecular weight is 715 g/mol. The second-order valence-corrected chi connectivity index (χ2v) is 14.4. The van der Waals surface area contributed by atoms with E-state index in [1.807, 2.05) is 0 Å². The molecule has 1 aliphatic rings. The molecule has 9 nitrogen and oxygen atoms in total. The zero-order valence-corrected chi connectivity index (χ0v) is 32.2. The highest BCUT2D eigenvalue weighted by Crippen LogP contribution is 2.22. The van der Waals surface area contributed by atoms with E-state index < -0.39 is 43.4 Å². The number of unbranched alkanes of at least 4 members (excludes halogenated alkanes) is 22. The summed E-state index contributed by atoms with van der Waals surface area (Å²) in [6, 6.07) is 0. The maximum Gasteiger partial charge on any atom is 0.306 e. The fraction of sp³-hybridized carbons (Fsp3) is 0.927. The number of allylic oxidation sites excluding steroid dienone is 2. The fourth-order valence-corrected chi connectivity index (χ4v) is 6.37. The minimum absolute atomic E-state index is 0.110. The third kappa shape index (κ3) is 25.0. The average Bonchev–Trinajstić information content (AvgIpc) is 3.11. The summed E-state index contributed by atoms with van der Waals surface area (Å²) in [5, 5.41) is 39.9. The molecule has 6 atom stereocenters. The van der Waals surface area contributed by atoms with Crippen LogP contribution in [0.1, 0.15) is 181 Å². The van der Waals surface area contributed by atoms with Crippen molar-refractivity contribution in [3.05, 3.63) is 12.2 Å². The summed E-state index contributed by atoms with van der Waals surface area (Å²) in [7, 11) is 0. The van der Waals surface area contributed by atoms with Gasteiger partial charge in [-0.25, -0.2) is 0 Å². The largest absolute Gasteiger partial charge is 0.457 e. The molecule has 0 saturated carbocycles. The Hall–Kier alpha value is -1.07. The molecule has 0 aromatic carbocycles. The quantitative estimate of drug-likeness (QED) is 0.0290. The van der Waals surface area contributed by atoms with Crippen molar-refractivity contribution in [1.29, 1.82) is 0 Å². The summed E-state index contributed by atoms with van der Waals surface area (Å²) in [4.78, 5) is 12.6. The maximum absolute atomic E-state index is 12.6. The van der Waals surface area contributed by atoms with E-state index in [1.165, 1.54) is 128 Å². The molecule has 1 rings (SSSR count). The Morgan fingerprint density at radius 2 is 1.10 bits per heavy atom. The lowest BCUT2D eigenvalue weighted by Gasteiger charge is -2.39. The van der Waals surface area contributed by atoms with E-state index in [9.17, 15) is 25.2 Å². The van der Waals surface area contributed by atoms with Gasteiger partial charge in [0.1, 0.15) is 30.5 Å². The van der Waals surface area contributed by atoms with Gasteiger partial charge in [0.2, 0.25) is 0 Å². The van der Waals surface area contributed by atoms with Gasteiger partial charge in [0.15, 0.2) is 6.29 Å². The number of carbonyl (C=O) groups is 1. The number of aliphatic hydroxyl groups is 4. The van der Waals surface area contributed by atoms with Crippen molar-refractivity contribution < 1.29 is 44.2 Å². The van der Waals surface area contributed by atoms with Crippen molar-refractivity contribution in [3.63, 3.8) is 0 Å². The Labute approximate surface area is 305 Å². The van der Waals surface area contributed by atoms with Gasteiger partial charge in [-0.3, -0.25) is 4.79 Å². The van der Waals surface area contributed by atoms with Gasteiger partial charge >= 0.3 is 5.97 Å². The second-order valence-electron chi connectivity index (χ2n) is 14.4. The Morgan fingerprint density at radius 1 is 0.620 bits per heavy atom. The number of hydrogen-bond acceptors (Lipinski definition) is 9. The van der Waals surface area contributed by atoms with E-state index in [2.05, 4.69) is 26.0 Å². The Balaban J connectivity index is 2.22. The van der Waals surface area contributed by atoms with Gasteiger partial charge in [-0.05, 0) is 38.5 Å². The van der Waals surface area contributed by atoms with Crippen molar-refractivity contribution in [1.82, 2.24) is 0 Å². The predicted molar refractivity (Wildman–Crippen MR) is 201 cm³/mol. The smallest absolute Gasteiger partial charge is 0.306 e. The Morgan fingerprint density at radius 3 is 1.62 bits per heavy atom. The minimum atomic E-state index is -1.53. The Kier molecular flexibility index (Phi) is 31.7. The molecule has 296 valence electrons. The summed E-state index contributed by atoms with van der Waals surface area (Å²) < 4.78 is 22.7. The highest BCUT2D eigenvalue weighted by molar-refractivity contribution is 5.69. The minimum Gasteiger partial charge on any atom is -0.457 e. The van der Waals surface area contributed by atoms with E-state index in [0.717, 1.165) is 32.1 Å². The first kappa shape index (κ1) is 47.0.